The zero-order valence-corrected chi connectivity index (χ0v) is 18.4. The van der Waals surface area contributed by atoms with E-state index < -0.39 is 5.60 Å². The fraction of sp³-hybridized carbons (Fsp3) is 0.321. The minimum Gasteiger partial charge on any atom is -0.508 e. The first-order valence-electron chi connectivity index (χ1n) is 11.4. The molecule has 0 saturated carbocycles. The van der Waals surface area contributed by atoms with Gasteiger partial charge in [0, 0.05) is 30.6 Å². The van der Waals surface area contributed by atoms with Gasteiger partial charge in [0.15, 0.2) is 0 Å². The summed E-state index contributed by atoms with van der Waals surface area (Å²) in [6.07, 6.45) is 2.94. The highest BCUT2D eigenvalue weighted by Gasteiger charge is 2.43. The molecule has 1 fully saturated rings. The summed E-state index contributed by atoms with van der Waals surface area (Å²) < 4.78 is 6.52. The second-order valence-corrected chi connectivity index (χ2v) is 9.13. The van der Waals surface area contributed by atoms with Crippen molar-refractivity contribution in [3.05, 3.63) is 95.1 Å². The minimum atomic E-state index is -0.519. The molecule has 1 saturated heterocycles. The van der Waals surface area contributed by atoms with Crippen LogP contribution in [0, 0.1) is 5.92 Å². The van der Waals surface area contributed by atoms with Crippen LogP contribution in [-0.4, -0.2) is 24.5 Å². The van der Waals surface area contributed by atoms with Gasteiger partial charge in [0.2, 0.25) is 0 Å². The summed E-state index contributed by atoms with van der Waals surface area (Å²) in [5, 5.41) is 10.0. The van der Waals surface area contributed by atoms with Crippen LogP contribution in [0.5, 0.6) is 5.75 Å². The van der Waals surface area contributed by atoms with Gasteiger partial charge in [0.05, 0.1) is 6.61 Å². The Morgan fingerprint density at radius 3 is 2.41 bits per heavy atom. The van der Waals surface area contributed by atoms with Gasteiger partial charge in [-0.05, 0) is 66.3 Å². The van der Waals surface area contributed by atoms with Gasteiger partial charge in [-0.1, -0.05) is 48.5 Å². The quantitative estimate of drug-likeness (QED) is 0.568. The second-order valence-electron chi connectivity index (χ2n) is 9.13. The zero-order valence-electron chi connectivity index (χ0n) is 18.4. The molecular weight excluding hydrogens is 398 g/mol. The first-order chi connectivity index (χ1) is 15.6. The third-order valence-corrected chi connectivity index (χ3v) is 7.19. The third kappa shape index (κ3) is 3.69. The molecule has 0 bridgehead atoms. The standard InChI is InChI=1S/C28H29NO3/c1-28(23-5-3-2-4-6-23)27(26-12-11-25(31)17-22(26)19-32-28)21-7-9-24(10-8-21)29-15-13-20(18-30)14-16-29/h2-12,17-18,20,27,31H,13-16,19H2,1H3/t27-,28+/m1/s1. The van der Waals surface area contributed by atoms with Gasteiger partial charge in [-0.2, -0.15) is 0 Å². The SMILES string of the molecule is C[C@@]1(c2ccccc2)OCc2cc(O)ccc2[C@H]1c1ccc(N2CCC(C=O)CC2)cc1. The van der Waals surface area contributed by atoms with E-state index in [1.165, 1.54) is 16.8 Å². The number of phenols is 1. The number of piperidine rings is 1. The molecule has 4 heteroatoms. The van der Waals surface area contributed by atoms with Gasteiger partial charge in [0.1, 0.15) is 17.6 Å². The highest BCUT2D eigenvalue weighted by molar-refractivity contribution is 5.56. The number of aromatic hydroxyl groups is 1. The lowest BCUT2D eigenvalue weighted by Crippen LogP contribution is -2.38. The number of fused-ring (bicyclic) bond motifs is 1. The van der Waals surface area contributed by atoms with Crippen LogP contribution in [0.2, 0.25) is 0 Å². The summed E-state index contributed by atoms with van der Waals surface area (Å²) in [6, 6.07) is 24.8. The van der Waals surface area contributed by atoms with Gasteiger partial charge in [-0.15, -0.1) is 0 Å². The van der Waals surface area contributed by atoms with Crippen LogP contribution in [0.1, 0.15) is 47.9 Å². The molecule has 164 valence electrons. The number of rotatable bonds is 4. The molecule has 2 aliphatic rings. The van der Waals surface area contributed by atoms with E-state index in [4.69, 9.17) is 4.74 Å². The molecule has 0 unspecified atom stereocenters. The zero-order chi connectivity index (χ0) is 22.1. The summed E-state index contributed by atoms with van der Waals surface area (Å²) in [5.74, 6) is 0.469. The fourth-order valence-corrected chi connectivity index (χ4v) is 5.29. The van der Waals surface area contributed by atoms with Gasteiger partial charge >= 0.3 is 0 Å². The summed E-state index contributed by atoms with van der Waals surface area (Å²) in [5.41, 5.74) is 5.23. The van der Waals surface area contributed by atoms with Gasteiger partial charge in [0.25, 0.3) is 0 Å². The monoisotopic (exact) mass is 427 g/mol. The summed E-state index contributed by atoms with van der Waals surface area (Å²) in [4.78, 5) is 13.4. The predicted molar refractivity (Wildman–Crippen MR) is 126 cm³/mol. The number of nitrogens with zero attached hydrogens (tertiary/aromatic N) is 1. The van der Waals surface area contributed by atoms with Crippen LogP contribution in [0.4, 0.5) is 5.69 Å². The number of benzene rings is 3. The van der Waals surface area contributed by atoms with E-state index in [-0.39, 0.29) is 17.6 Å². The van der Waals surface area contributed by atoms with E-state index in [1.807, 2.05) is 18.2 Å². The maximum atomic E-state index is 11.1. The van der Waals surface area contributed by atoms with Crippen molar-refractivity contribution in [3.63, 3.8) is 0 Å². The Kier molecular flexibility index (Phi) is 5.48. The Bertz CT molecular complexity index is 1090. The largest absolute Gasteiger partial charge is 0.508 e. The second kappa shape index (κ2) is 8.44. The smallest absolute Gasteiger partial charge is 0.123 e. The average Bonchev–Trinajstić information content (AvgIpc) is 2.85. The number of anilines is 1. The van der Waals surface area contributed by atoms with Gasteiger partial charge in [-0.25, -0.2) is 0 Å². The highest BCUT2D eigenvalue weighted by atomic mass is 16.5. The lowest BCUT2D eigenvalue weighted by molar-refractivity contribution is -0.111. The Balaban J connectivity index is 1.52. The van der Waals surface area contributed by atoms with Crippen LogP contribution >= 0.6 is 0 Å². The lowest BCUT2D eigenvalue weighted by atomic mass is 9.71. The van der Waals surface area contributed by atoms with Crippen LogP contribution in [-0.2, 0) is 21.7 Å². The van der Waals surface area contributed by atoms with Crippen LogP contribution in [0.25, 0.3) is 0 Å². The van der Waals surface area contributed by atoms with E-state index in [0.29, 0.717) is 6.61 Å². The molecule has 0 amide bonds. The summed E-state index contributed by atoms with van der Waals surface area (Å²) >= 11 is 0. The molecule has 4 nitrogen and oxygen atoms in total. The Morgan fingerprint density at radius 1 is 1.00 bits per heavy atom. The van der Waals surface area contributed by atoms with Crippen molar-refractivity contribution in [2.75, 3.05) is 18.0 Å². The number of hydrogen-bond acceptors (Lipinski definition) is 4. The van der Waals surface area contributed by atoms with Gasteiger partial charge < -0.3 is 19.5 Å². The average molecular weight is 428 g/mol. The number of carbonyl (C=O) groups is 1. The third-order valence-electron chi connectivity index (χ3n) is 7.19. The van der Waals surface area contributed by atoms with Crippen molar-refractivity contribution in [1.29, 1.82) is 0 Å². The maximum Gasteiger partial charge on any atom is 0.123 e. The molecule has 0 spiro atoms. The normalized spacial score (nSPS) is 23.5. The summed E-state index contributed by atoms with van der Waals surface area (Å²) in [7, 11) is 0. The number of aldehydes is 1. The predicted octanol–water partition coefficient (Wildman–Crippen LogP) is 5.39. The molecule has 32 heavy (non-hydrogen) atoms. The van der Waals surface area contributed by atoms with E-state index in [1.54, 1.807) is 6.07 Å². The van der Waals surface area contributed by atoms with Crippen LogP contribution < -0.4 is 4.90 Å². The molecule has 1 N–H and O–H groups in total. The number of carbonyl (C=O) groups excluding carboxylic acids is 1. The van der Waals surface area contributed by atoms with E-state index in [9.17, 15) is 9.90 Å². The molecule has 2 aliphatic heterocycles. The topological polar surface area (TPSA) is 49.8 Å². The molecule has 0 radical (unpaired) electrons. The molecule has 2 heterocycles. The number of hydrogen-bond donors (Lipinski definition) is 1. The first kappa shape index (κ1) is 20.8. The minimum absolute atomic E-state index is 0.00380. The Morgan fingerprint density at radius 2 is 1.72 bits per heavy atom. The molecular formula is C28H29NO3. The first-order valence-corrected chi connectivity index (χ1v) is 11.4. The van der Waals surface area contributed by atoms with Crippen LogP contribution in [0.3, 0.4) is 0 Å². The highest BCUT2D eigenvalue weighted by Crippen LogP contribution is 2.49. The Hall–Kier alpha value is -3.11. The fourth-order valence-electron chi connectivity index (χ4n) is 5.29. The van der Waals surface area contributed by atoms with Crippen molar-refractivity contribution in [2.24, 2.45) is 5.92 Å². The molecule has 2 atom stereocenters. The molecule has 3 aromatic rings. The van der Waals surface area contributed by atoms with Crippen molar-refractivity contribution in [3.8, 4) is 5.75 Å². The molecule has 0 aliphatic carbocycles. The number of phenolic OH excluding ortho intramolecular Hbond substituents is 1. The molecule has 3 aromatic carbocycles. The van der Waals surface area contributed by atoms with Crippen molar-refractivity contribution < 1.29 is 14.6 Å². The van der Waals surface area contributed by atoms with Crippen molar-refractivity contribution in [2.45, 2.75) is 37.9 Å². The van der Waals surface area contributed by atoms with Gasteiger partial charge in [-0.3, -0.25) is 0 Å². The van der Waals surface area contributed by atoms with Crippen molar-refractivity contribution in [1.82, 2.24) is 0 Å². The van der Waals surface area contributed by atoms with E-state index in [2.05, 4.69) is 60.4 Å². The van der Waals surface area contributed by atoms with E-state index >= 15 is 0 Å². The van der Waals surface area contributed by atoms with Crippen molar-refractivity contribution >= 4 is 12.0 Å². The maximum absolute atomic E-state index is 11.1. The number of ether oxygens (including phenoxy) is 1. The molecule has 5 rings (SSSR count). The lowest BCUT2D eigenvalue weighted by Gasteiger charge is -2.43. The summed E-state index contributed by atoms with van der Waals surface area (Å²) in [6.45, 7) is 4.47. The Labute approximate surface area is 189 Å². The van der Waals surface area contributed by atoms with Crippen LogP contribution in [0.15, 0.2) is 72.8 Å². The van der Waals surface area contributed by atoms with E-state index in [0.717, 1.165) is 43.3 Å². The molecule has 0 aromatic heterocycles.